The highest BCUT2D eigenvalue weighted by Gasteiger charge is 2.07. The van der Waals surface area contributed by atoms with Crippen molar-refractivity contribution in [2.24, 2.45) is 0 Å². The standard InChI is InChI=1S/C15H20N4O/c1-3-19(12(2)20)11-13-5-4-6-14(9-13)18-10-15-16-7-8-17-15/h4-9,18H,3,10-11H2,1-2H3,(H,16,17). The summed E-state index contributed by atoms with van der Waals surface area (Å²) < 4.78 is 0. The van der Waals surface area contributed by atoms with Gasteiger partial charge in [0.2, 0.25) is 5.91 Å². The van der Waals surface area contributed by atoms with E-state index < -0.39 is 0 Å². The van der Waals surface area contributed by atoms with Crippen molar-refractivity contribution in [2.45, 2.75) is 26.9 Å². The Morgan fingerprint density at radius 1 is 1.45 bits per heavy atom. The Morgan fingerprint density at radius 3 is 2.95 bits per heavy atom. The van der Waals surface area contributed by atoms with Crippen LogP contribution in [-0.2, 0) is 17.9 Å². The van der Waals surface area contributed by atoms with E-state index in [1.165, 1.54) is 0 Å². The zero-order chi connectivity index (χ0) is 14.4. The van der Waals surface area contributed by atoms with Gasteiger partial charge in [0.05, 0.1) is 6.54 Å². The van der Waals surface area contributed by atoms with Crippen LogP contribution in [0.25, 0.3) is 0 Å². The molecular weight excluding hydrogens is 252 g/mol. The van der Waals surface area contributed by atoms with Gasteiger partial charge in [-0.1, -0.05) is 12.1 Å². The summed E-state index contributed by atoms with van der Waals surface area (Å²) in [5.74, 6) is 0.996. The Balaban J connectivity index is 1.98. The highest BCUT2D eigenvalue weighted by Crippen LogP contribution is 2.13. The van der Waals surface area contributed by atoms with E-state index in [0.29, 0.717) is 13.1 Å². The minimum Gasteiger partial charge on any atom is -0.378 e. The minimum atomic E-state index is 0.0986. The molecule has 2 N–H and O–H groups in total. The number of nitrogens with one attached hydrogen (secondary N) is 2. The van der Waals surface area contributed by atoms with Gasteiger partial charge < -0.3 is 15.2 Å². The third-order valence-corrected chi connectivity index (χ3v) is 3.14. The molecule has 0 aliphatic rings. The molecule has 2 rings (SSSR count). The van der Waals surface area contributed by atoms with Crippen LogP contribution in [0.4, 0.5) is 5.69 Å². The van der Waals surface area contributed by atoms with E-state index in [1.807, 2.05) is 30.0 Å². The van der Waals surface area contributed by atoms with Gasteiger partial charge in [0.25, 0.3) is 0 Å². The Bertz CT molecular complexity index is 551. The van der Waals surface area contributed by atoms with Crippen LogP contribution in [0.3, 0.4) is 0 Å². The van der Waals surface area contributed by atoms with Crippen molar-refractivity contribution in [3.63, 3.8) is 0 Å². The number of hydrogen-bond donors (Lipinski definition) is 2. The van der Waals surface area contributed by atoms with E-state index in [1.54, 1.807) is 19.3 Å². The Kier molecular flexibility index (Phi) is 4.76. The number of benzene rings is 1. The SMILES string of the molecule is CCN(Cc1cccc(NCc2ncc[nH]2)c1)C(C)=O. The number of H-pyrrole nitrogens is 1. The number of nitrogens with zero attached hydrogens (tertiary/aromatic N) is 2. The summed E-state index contributed by atoms with van der Waals surface area (Å²) in [6.07, 6.45) is 3.54. The topological polar surface area (TPSA) is 61.0 Å². The second kappa shape index (κ2) is 6.75. The molecule has 0 spiro atoms. The van der Waals surface area contributed by atoms with Crippen molar-refractivity contribution in [3.8, 4) is 0 Å². The summed E-state index contributed by atoms with van der Waals surface area (Å²) >= 11 is 0. The lowest BCUT2D eigenvalue weighted by molar-refractivity contribution is -0.129. The molecule has 1 heterocycles. The van der Waals surface area contributed by atoms with Crippen molar-refractivity contribution in [2.75, 3.05) is 11.9 Å². The van der Waals surface area contributed by atoms with Crippen molar-refractivity contribution in [1.82, 2.24) is 14.9 Å². The summed E-state index contributed by atoms with van der Waals surface area (Å²) in [6, 6.07) is 8.10. The molecule has 2 aromatic rings. The summed E-state index contributed by atoms with van der Waals surface area (Å²) in [6.45, 7) is 5.60. The molecule has 20 heavy (non-hydrogen) atoms. The van der Waals surface area contributed by atoms with E-state index in [4.69, 9.17) is 0 Å². The summed E-state index contributed by atoms with van der Waals surface area (Å²) in [5.41, 5.74) is 2.14. The molecule has 0 unspecified atom stereocenters. The van der Waals surface area contributed by atoms with E-state index >= 15 is 0 Å². The monoisotopic (exact) mass is 272 g/mol. The molecule has 0 aliphatic carbocycles. The average Bonchev–Trinajstić information content (AvgIpc) is 2.96. The molecule has 0 saturated heterocycles. The second-order valence-corrected chi connectivity index (χ2v) is 4.62. The Morgan fingerprint density at radius 2 is 2.30 bits per heavy atom. The molecule has 0 radical (unpaired) electrons. The molecule has 0 saturated carbocycles. The van der Waals surface area contributed by atoms with Gasteiger partial charge in [0.15, 0.2) is 0 Å². The first kappa shape index (κ1) is 14.1. The predicted octanol–water partition coefficient (Wildman–Crippen LogP) is 2.39. The number of aromatic nitrogens is 2. The van der Waals surface area contributed by atoms with Gasteiger partial charge in [0.1, 0.15) is 5.82 Å². The van der Waals surface area contributed by atoms with E-state index in [2.05, 4.69) is 21.4 Å². The number of imidazole rings is 1. The molecule has 0 bridgehead atoms. The molecule has 1 amide bonds. The first-order chi connectivity index (χ1) is 9.69. The quantitative estimate of drug-likeness (QED) is 0.848. The number of carbonyl (C=O) groups is 1. The van der Waals surface area contributed by atoms with Crippen LogP contribution < -0.4 is 5.32 Å². The zero-order valence-electron chi connectivity index (χ0n) is 11.9. The summed E-state index contributed by atoms with van der Waals surface area (Å²) in [5, 5.41) is 3.31. The Hall–Kier alpha value is -2.30. The summed E-state index contributed by atoms with van der Waals surface area (Å²) in [7, 11) is 0. The fourth-order valence-corrected chi connectivity index (χ4v) is 2.03. The molecular formula is C15H20N4O. The highest BCUT2D eigenvalue weighted by atomic mass is 16.2. The molecule has 5 nitrogen and oxygen atoms in total. The molecule has 5 heteroatoms. The summed E-state index contributed by atoms with van der Waals surface area (Å²) in [4.78, 5) is 20.5. The van der Waals surface area contributed by atoms with Gasteiger partial charge in [-0.15, -0.1) is 0 Å². The molecule has 1 aromatic carbocycles. The van der Waals surface area contributed by atoms with Crippen LogP contribution in [0.1, 0.15) is 25.2 Å². The van der Waals surface area contributed by atoms with Crippen LogP contribution in [0.2, 0.25) is 0 Å². The van der Waals surface area contributed by atoms with Crippen LogP contribution in [0.5, 0.6) is 0 Å². The third-order valence-electron chi connectivity index (χ3n) is 3.14. The number of amides is 1. The maximum Gasteiger partial charge on any atom is 0.219 e. The Labute approximate surface area is 119 Å². The fourth-order valence-electron chi connectivity index (χ4n) is 2.03. The first-order valence-electron chi connectivity index (χ1n) is 6.75. The van der Waals surface area contributed by atoms with Gasteiger partial charge in [-0.3, -0.25) is 4.79 Å². The lowest BCUT2D eigenvalue weighted by atomic mass is 10.2. The van der Waals surface area contributed by atoms with Crippen molar-refractivity contribution >= 4 is 11.6 Å². The predicted molar refractivity (Wildman–Crippen MR) is 79.1 cm³/mol. The number of hydrogen-bond acceptors (Lipinski definition) is 3. The van der Waals surface area contributed by atoms with Crippen LogP contribution >= 0.6 is 0 Å². The van der Waals surface area contributed by atoms with Gasteiger partial charge in [0, 0.05) is 38.1 Å². The maximum absolute atomic E-state index is 11.4. The van der Waals surface area contributed by atoms with Gasteiger partial charge in [-0.2, -0.15) is 0 Å². The van der Waals surface area contributed by atoms with Crippen LogP contribution in [0.15, 0.2) is 36.7 Å². The molecule has 0 aliphatic heterocycles. The molecule has 0 fully saturated rings. The normalized spacial score (nSPS) is 10.3. The molecule has 1 aromatic heterocycles. The van der Waals surface area contributed by atoms with E-state index in [9.17, 15) is 4.79 Å². The van der Waals surface area contributed by atoms with Gasteiger partial charge in [-0.25, -0.2) is 4.98 Å². The smallest absolute Gasteiger partial charge is 0.219 e. The highest BCUT2D eigenvalue weighted by molar-refractivity contribution is 5.73. The first-order valence-corrected chi connectivity index (χ1v) is 6.75. The lowest BCUT2D eigenvalue weighted by Gasteiger charge is -2.19. The van der Waals surface area contributed by atoms with E-state index in [0.717, 1.165) is 23.6 Å². The fraction of sp³-hybridized carbons (Fsp3) is 0.333. The number of aromatic amines is 1. The van der Waals surface area contributed by atoms with Crippen molar-refractivity contribution in [3.05, 3.63) is 48.0 Å². The molecule has 0 atom stereocenters. The maximum atomic E-state index is 11.4. The van der Waals surface area contributed by atoms with Gasteiger partial charge in [-0.05, 0) is 24.6 Å². The minimum absolute atomic E-state index is 0.0986. The van der Waals surface area contributed by atoms with E-state index in [-0.39, 0.29) is 5.91 Å². The van der Waals surface area contributed by atoms with Crippen LogP contribution in [-0.4, -0.2) is 27.3 Å². The third kappa shape index (κ3) is 3.85. The van der Waals surface area contributed by atoms with Crippen molar-refractivity contribution < 1.29 is 4.79 Å². The van der Waals surface area contributed by atoms with Gasteiger partial charge >= 0.3 is 0 Å². The lowest BCUT2D eigenvalue weighted by Crippen LogP contribution is -2.27. The number of carbonyl (C=O) groups excluding carboxylic acids is 1. The molecule has 106 valence electrons. The number of anilines is 1. The largest absolute Gasteiger partial charge is 0.378 e. The van der Waals surface area contributed by atoms with Crippen molar-refractivity contribution in [1.29, 1.82) is 0 Å². The van der Waals surface area contributed by atoms with Crippen LogP contribution in [0, 0.1) is 0 Å². The second-order valence-electron chi connectivity index (χ2n) is 4.62. The average molecular weight is 272 g/mol. The zero-order valence-corrected chi connectivity index (χ0v) is 11.9. The number of rotatable bonds is 6.